The van der Waals surface area contributed by atoms with E-state index in [0.29, 0.717) is 5.69 Å². The molecule has 0 saturated carbocycles. The Hall–Kier alpha value is -2.37. The van der Waals surface area contributed by atoms with Gasteiger partial charge in [0.25, 0.3) is 0 Å². The van der Waals surface area contributed by atoms with Gasteiger partial charge in [0.15, 0.2) is 0 Å². The molecule has 1 aliphatic rings. The number of anilines is 1. The molecule has 0 bridgehead atoms. The smallest absolute Gasteiger partial charge is 0.308 e. The van der Waals surface area contributed by atoms with Crippen LogP contribution in [-0.4, -0.2) is 33.7 Å². The van der Waals surface area contributed by atoms with Gasteiger partial charge in [-0.25, -0.2) is 0 Å². The number of carbonyl (C=O) groups excluding carboxylic acids is 1. The molecule has 1 unspecified atom stereocenters. The molecule has 1 aromatic heterocycles. The number of aliphatic carboxylic acids is 1. The molecule has 2 aromatic rings. The third kappa shape index (κ3) is 1.62. The minimum Gasteiger partial charge on any atom is -0.481 e. The van der Waals surface area contributed by atoms with Crippen molar-refractivity contribution >= 4 is 28.5 Å². The van der Waals surface area contributed by atoms with Crippen molar-refractivity contribution in [1.82, 2.24) is 10.2 Å². The summed E-state index contributed by atoms with van der Waals surface area (Å²) in [5.41, 5.74) is 1.54. The van der Waals surface area contributed by atoms with Gasteiger partial charge in [-0.15, -0.1) is 0 Å². The minimum atomic E-state index is -0.923. The van der Waals surface area contributed by atoms with E-state index < -0.39 is 11.9 Å². The molecule has 0 spiro atoms. The summed E-state index contributed by atoms with van der Waals surface area (Å²) < 4.78 is 0. The zero-order valence-corrected chi connectivity index (χ0v) is 9.46. The predicted octanol–water partition coefficient (Wildman–Crippen LogP) is 1.00. The number of hydrogen-bond acceptors (Lipinski definition) is 3. The highest BCUT2D eigenvalue weighted by Gasteiger charge is 2.35. The topological polar surface area (TPSA) is 86.3 Å². The van der Waals surface area contributed by atoms with Crippen molar-refractivity contribution in [3.63, 3.8) is 0 Å². The summed E-state index contributed by atoms with van der Waals surface area (Å²) >= 11 is 0. The fourth-order valence-corrected chi connectivity index (χ4v) is 2.22. The maximum atomic E-state index is 11.8. The number of rotatable bonds is 2. The van der Waals surface area contributed by atoms with Crippen molar-refractivity contribution in [2.45, 2.75) is 6.42 Å². The van der Waals surface area contributed by atoms with Crippen molar-refractivity contribution in [2.75, 3.05) is 11.4 Å². The van der Waals surface area contributed by atoms with Gasteiger partial charge < -0.3 is 10.0 Å². The highest BCUT2D eigenvalue weighted by Crippen LogP contribution is 2.27. The first-order valence-electron chi connectivity index (χ1n) is 5.61. The van der Waals surface area contributed by atoms with Crippen LogP contribution in [0.25, 0.3) is 10.9 Å². The van der Waals surface area contributed by atoms with Crippen LogP contribution in [-0.2, 0) is 9.59 Å². The molecule has 3 rings (SSSR count). The molecule has 18 heavy (non-hydrogen) atoms. The van der Waals surface area contributed by atoms with Crippen LogP contribution < -0.4 is 4.90 Å². The molecule has 1 aliphatic heterocycles. The van der Waals surface area contributed by atoms with Gasteiger partial charge in [-0.1, -0.05) is 0 Å². The number of aromatic amines is 1. The molecule has 92 valence electrons. The van der Waals surface area contributed by atoms with Crippen molar-refractivity contribution in [1.29, 1.82) is 0 Å². The number of carboxylic acid groups (broad SMARTS) is 1. The van der Waals surface area contributed by atoms with Crippen molar-refractivity contribution in [3.05, 3.63) is 24.4 Å². The number of amides is 1. The van der Waals surface area contributed by atoms with Gasteiger partial charge in [0.05, 0.1) is 17.6 Å². The van der Waals surface area contributed by atoms with Crippen LogP contribution in [0.5, 0.6) is 0 Å². The Morgan fingerprint density at radius 1 is 1.50 bits per heavy atom. The molecule has 1 fully saturated rings. The Morgan fingerprint density at radius 2 is 2.33 bits per heavy atom. The lowest BCUT2D eigenvalue weighted by Crippen LogP contribution is -2.25. The summed E-state index contributed by atoms with van der Waals surface area (Å²) in [5, 5.41) is 16.6. The molecule has 6 nitrogen and oxygen atoms in total. The summed E-state index contributed by atoms with van der Waals surface area (Å²) in [7, 11) is 0. The summed E-state index contributed by atoms with van der Waals surface area (Å²) in [6.07, 6.45) is 1.77. The van der Waals surface area contributed by atoms with Gasteiger partial charge in [0.1, 0.15) is 0 Å². The second kappa shape index (κ2) is 3.83. The van der Waals surface area contributed by atoms with E-state index in [4.69, 9.17) is 5.11 Å². The van der Waals surface area contributed by atoms with Gasteiger partial charge in [0.2, 0.25) is 5.91 Å². The van der Waals surface area contributed by atoms with Crippen LogP contribution in [0.3, 0.4) is 0 Å². The van der Waals surface area contributed by atoms with Crippen LogP contribution in [0.1, 0.15) is 6.42 Å². The lowest BCUT2D eigenvalue weighted by Gasteiger charge is -2.15. The van der Waals surface area contributed by atoms with E-state index in [-0.39, 0.29) is 18.9 Å². The lowest BCUT2D eigenvalue weighted by molar-refractivity contribution is -0.141. The molecule has 0 aliphatic carbocycles. The number of hydrogen-bond donors (Lipinski definition) is 2. The SMILES string of the molecule is O=C(O)C1CC(=O)N(c2ccc3cn[nH]c3c2)C1. The number of nitrogens with zero attached hydrogens (tertiary/aromatic N) is 2. The third-order valence-electron chi connectivity index (χ3n) is 3.21. The quantitative estimate of drug-likeness (QED) is 0.826. The molecule has 2 heterocycles. The monoisotopic (exact) mass is 245 g/mol. The molecule has 2 N–H and O–H groups in total. The Labute approximate surface area is 102 Å². The normalized spacial score (nSPS) is 19.7. The Balaban J connectivity index is 1.94. The predicted molar refractivity (Wildman–Crippen MR) is 64.2 cm³/mol. The summed E-state index contributed by atoms with van der Waals surface area (Å²) in [5.74, 6) is -1.69. The second-order valence-electron chi connectivity index (χ2n) is 4.39. The average molecular weight is 245 g/mol. The van der Waals surface area contributed by atoms with Gasteiger partial charge in [-0.3, -0.25) is 14.7 Å². The minimum absolute atomic E-state index is 0.0658. The second-order valence-corrected chi connectivity index (χ2v) is 4.39. The van der Waals surface area contributed by atoms with Gasteiger partial charge in [-0.05, 0) is 18.2 Å². The number of H-pyrrole nitrogens is 1. The summed E-state index contributed by atoms with van der Waals surface area (Å²) in [6, 6.07) is 5.47. The van der Waals surface area contributed by atoms with Crippen molar-refractivity contribution in [2.24, 2.45) is 5.92 Å². The zero-order chi connectivity index (χ0) is 12.7. The largest absolute Gasteiger partial charge is 0.481 e. The van der Waals surface area contributed by atoms with Gasteiger partial charge in [-0.2, -0.15) is 5.10 Å². The van der Waals surface area contributed by atoms with Crippen LogP contribution in [0.2, 0.25) is 0 Å². The van der Waals surface area contributed by atoms with Gasteiger partial charge >= 0.3 is 5.97 Å². The highest BCUT2D eigenvalue weighted by molar-refractivity contribution is 6.00. The van der Waals surface area contributed by atoms with E-state index in [1.807, 2.05) is 12.1 Å². The van der Waals surface area contributed by atoms with E-state index in [1.165, 1.54) is 4.90 Å². The Morgan fingerprint density at radius 3 is 3.06 bits per heavy atom. The lowest BCUT2D eigenvalue weighted by atomic mass is 10.1. The fraction of sp³-hybridized carbons (Fsp3) is 0.250. The first kappa shape index (κ1) is 10.8. The number of fused-ring (bicyclic) bond motifs is 1. The average Bonchev–Trinajstić information content (AvgIpc) is 2.93. The first-order chi connectivity index (χ1) is 8.65. The van der Waals surface area contributed by atoms with Crippen LogP contribution in [0.4, 0.5) is 5.69 Å². The molecular weight excluding hydrogens is 234 g/mol. The van der Waals surface area contributed by atoms with Crippen LogP contribution in [0, 0.1) is 5.92 Å². The van der Waals surface area contributed by atoms with Crippen LogP contribution >= 0.6 is 0 Å². The molecule has 1 atom stereocenters. The summed E-state index contributed by atoms with van der Waals surface area (Å²) in [6.45, 7) is 0.230. The zero-order valence-electron chi connectivity index (χ0n) is 9.46. The highest BCUT2D eigenvalue weighted by atomic mass is 16.4. The van der Waals surface area contributed by atoms with Crippen molar-refractivity contribution in [3.8, 4) is 0 Å². The molecule has 0 radical (unpaired) electrons. The molecule has 1 saturated heterocycles. The molecule has 1 aromatic carbocycles. The Kier molecular flexibility index (Phi) is 2.29. The Bertz CT molecular complexity index is 634. The maximum Gasteiger partial charge on any atom is 0.308 e. The number of carbonyl (C=O) groups is 2. The first-order valence-corrected chi connectivity index (χ1v) is 5.61. The van der Waals surface area contributed by atoms with E-state index in [9.17, 15) is 9.59 Å². The van der Waals surface area contributed by atoms with E-state index in [2.05, 4.69) is 10.2 Å². The number of aromatic nitrogens is 2. The number of benzene rings is 1. The third-order valence-corrected chi connectivity index (χ3v) is 3.21. The van der Waals surface area contributed by atoms with E-state index >= 15 is 0 Å². The van der Waals surface area contributed by atoms with E-state index in [0.717, 1.165) is 10.9 Å². The van der Waals surface area contributed by atoms with Gasteiger partial charge in [0, 0.05) is 24.0 Å². The maximum absolute atomic E-state index is 11.8. The van der Waals surface area contributed by atoms with Crippen molar-refractivity contribution < 1.29 is 14.7 Å². The molecule has 6 heteroatoms. The number of carboxylic acids is 1. The summed E-state index contributed by atoms with van der Waals surface area (Å²) in [4.78, 5) is 24.2. The van der Waals surface area contributed by atoms with Crippen LogP contribution in [0.15, 0.2) is 24.4 Å². The molecule has 1 amide bonds. The standard InChI is InChI=1S/C12H11N3O3/c16-11-3-8(12(17)18)6-15(11)9-2-1-7-5-13-14-10(7)4-9/h1-2,4-5,8H,3,6H2,(H,13,14)(H,17,18). The van der Waals surface area contributed by atoms with E-state index in [1.54, 1.807) is 12.3 Å². The molecular formula is C12H11N3O3. The number of nitrogens with one attached hydrogen (secondary N) is 1. The fourth-order valence-electron chi connectivity index (χ4n) is 2.22.